The molecule has 1 aliphatic rings. The second-order valence-corrected chi connectivity index (χ2v) is 9.95. The molecule has 1 aliphatic heterocycles. The normalized spacial score (nSPS) is 14.4. The van der Waals surface area contributed by atoms with E-state index in [9.17, 15) is 9.59 Å². The fraction of sp³-hybridized carbons (Fsp3) is 0.214. The fourth-order valence-corrected chi connectivity index (χ4v) is 4.61. The van der Waals surface area contributed by atoms with E-state index in [1.807, 2.05) is 74.5 Å². The highest BCUT2D eigenvalue weighted by Gasteiger charge is 2.35. The minimum Gasteiger partial charge on any atom is -0.490 e. The maximum Gasteiger partial charge on any atom is 0.293 e. The zero-order chi connectivity index (χ0) is 25.5. The molecule has 0 unspecified atom stereocenters. The maximum absolute atomic E-state index is 12.9. The first-order valence-electron chi connectivity index (χ1n) is 11.5. The molecule has 186 valence electrons. The van der Waals surface area contributed by atoms with E-state index in [-0.39, 0.29) is 17.7 Å². The third kappa shape index (κ3) is 6.71. The molecule has 1 fully saturated rings. The predicted molar refractivity (Wildman–Crippen MR) is 145 cm³/mol. The van der Waals surface area contributed by atoms with Crippen molar-refractivity contribution in [2.45, 2.75) is 20.4 Å². The van der Waals surface area contributed by atoms with E-state index < -0.39 is 0 Å². The highest BCUT2D eigenvalue weighted by Crippen LogP contribution is 2.35. The number of rotatable bonds is 10. The van der Waals surface area contributed by atoms with Crippen LogP contribution in [0.25, 0.3) is 6.08 Å². The Morgan fingerprint density at radius 3 is 2.33 bits per heavy atom. The van der Waals surface area contributed by atoms with Gasteiger partial charge in [0.25, 0.3) is 11.1 Å². The van der Waals surface area contributed by atoms with Crippen molar-refractivity contribution in [3.63, 3.8) is 0 Å². The van der Waals surface area contributed by atoms with Crippen LogP contribution < -0.4 is 14.2 Å². The Bertz CT molecular complexity index is 1260. The monoisotopic (exact) mass is 567 g/mol. The van der Waals surface area contributed by atoms with Crippen molar-refractivity contribution in [2.75, 3.05) is 19.8 Å². The molecule has 0 radical (unpaired) electrons. The van der Waals surface area contributed by atoms with Gasteiger partial charge in [-0.15, -0.1) is 0 Å². The Hall–Kier alpha value is -3.23. The third-order valence-electron chi connectivity index (χ3n) is 5.32. The van der Waals surface area contributed by atoms with Crippen molar-refractivity contribution < 1.29 is 23.8 Å². The molecule has 8 heteroatoms. The van der Waals surface area contributed by atoms with Crippen LogP contribution in [0.2, 0.25) is 0 Å². The van der Waals surface area contributed by atoms with Gasteiger partial charge in [-0.1, -0.05) is 51.8 Å². The van der Waals surface area contributed by atoms with Gasteiger partial charge in [0.15, 0.2) is 11.5 Å². The number of benzene rings is 3. The van der Waals surface area contributed by atoms with E-state index in [1.54, 1.807) is 12.1 Å². The number of carbonyl (C=O) groups excluding carboxylic acids is 2. The summed E-state index contributed by atoms with van der Waals surface area (Å²) in [6, 6.07) is 20.8. The summed E-state index contributed by atoms with van der Waals surface area (Å²) >= 11 is 4.33. The lowest BCUT2D eigenvalue weighted by molar-refractivity contribution is -0.123. The smallest absolute Gasteiger partial charge is 0.293 e. The largest absolute Gasteiger partial charge is 0.490 e. The van der Waals surface area contributed by atoms with Gasteiger partial charge in [0.1, 0.15) is 19.0 Å². The molecule has 36 heavy (non-hydrogen) atoms. The number of carbonyl (C=O) groups is 2. The fourth-order valence-electron chi connectivity index (χ4n) is 3.51. The molecule has 3 aromatic rings. The number of hydrogen-bond acceptors (Lipinski definition) is 6. The summed E-state index contributed by atoms with van der Waals surface area (Å²) in [6.07, 6.45) is 1.71. The lowest BCUT2D eigenvalue weighted by Crippen LogP contribution is -2.27. The number of aryl methyl sites for hydroxylation is 1. The Morgan fingerprint density at radius 1 is 0.889 bits per heavy atom. The first kappa shape index (κ1) is 25.9. The number of amides is 2. The summed E-state index contributed by atoms with van der Waals surface area (Å²) in [5.41, 5.74) is 2.80. The minimum absolute atomic E-state index is 0.233. The number of nitrogens with zero attached hydrogens (tertiary/aromatic N) is 1. The number of thioether (sulfide) groups is 1. The van der Waals surface area contributed by atoms with Crippen LogP contribution in [0, 0.1) is 6.92 Å². The molecule has 0 aromatic heterocycles. The van der Waals surface area contributed by atoms with Crippen molar-refractivity contribution in [1.29, 1.82) is 0 Å². The summed E-state index contributed by atoms with van der Waals surface area (Å²) < 4.78 is 18.3. The molecule has 0 spiro atoms. The first-order chi connectivity index (χ1) is 17.4. The highest BCUT2D eigenvalue weighted by atomic mass is 79.9. The second kappa shape index (κ2) is 12.1. The lowest BCUT2D eigenvalue weighted by Gasteiger charge is -2.13. The number of ether oxygens (including phenoxy) is 3. The molecular weight excluding hydrogens is 542 g/mol. The molecule has 0 bridgehead atoms. The van der Waals surface area contributed by atoms with Gasteiger partial charge in [-0.25, -0.2) is 0 Å². The van der Waals surface area contributed by atoms with E-state index in [0.717, 1.165) is 33.1 Å². The number of hydrogen-bond donors (Lipinski definition) is 0. The summed E-state index contributed by atoms with van der Waals surface area (Å²) in [6.45, 7) is 5.36. The van der Waals surface area contributed by atoms with Gasteiger partial charge >= 0.3 is 0 Å². The van der Waals surface area contributed by atoms with Crippen molar-refractivity contribution in [3.05, 3.63) is 92.8 Å². The summed E-state index contributed by atoms with van der Waals surface area (Å²) in [4.78, 5) is 27.1. The van der Waals surface area contributed by atoms with Gasteiger partial charge in [0.2, 0.25) is 0 Å². The van der Waals surface area contributed by atoms with Crippen molar-refractivity contribution in [3.8, 4) is 17.2 Å². The van der Waals surface area contributed by atoms with Gasteiger partial charge in [-0.2, -0.15) is 0 Å². The second-order valence-electron chi connectivity index (χ2n) is 8.04. The summed E-state index contributed by atoms with van der Waals surface area (Å²) in [7, 11) is 0. The number of imide groups is 1. The zero-order valence-corrected chi connectivity index (χ0v) is 22.4. The molecule has 1 heterocycles. The molecule has 3 aromatic carbocycles. The Morgan fingerprint density at radius 2 is 1.61 bits per heavy atom. The summed E-state index contributed by atoms with van der Waals surface area (Å²) in [5, 5.41) is -0.285. The molecule has 0 saturated carbocycles. The van der Waals surface area contributed by atoms with Crippen LogP contribution in [0.5, 0.6) is 17.2 Å². The topological polar surface area (TPSA) is 65.1 Å². The third-order valence-corrected chi connectivity index (χ3v) is 6.76. The molecule has 0 aliphatic carbocycles. The Labute approximate surface area is 223 Å². The van der Waals surface area contributed by atoms with Crippen LogP contribution in [0.3, 0.4) is 0 Å². The highest BCUT2D eigenvalue weighted by molar-refractivity contribution is 9.10. The molecule has 0 atom stereocenters. The van der Waals surface area contributed by atoms with Crippen LogP contribution >= 0.6 is 27.7 Å². The average molecular weight is 568 g/mol. The lowest BCUT2D eigenvalue weighted by atomic mass is 10.1. The molecule has 1 saturated heterocycles. The van der Waals surface area contributed by atoms with Crippen molar-refractivity contribution >= 4 is 44.9 Å². The molecule has 6 nitrogen and oxygen atoms in total. The van der Waals surface area contributed by atoms with Gasteiger partial charge in [-0.05, 0) is 79.2 Å². The van der Waals surface area contributed by atoms with E-state index >= 15 is 0 Å². The Balaban J connectivity index is 1.40. The van der Waals surface area contributed by atoms with Gasteiger partial charge in [-0.3, -0.25) is 14.5 Å². The van der Waals surface area contributed by atoms with Crippen LogP contribution in [-0.4, -0.2) is 35.9 Å². The minimum atomic E-state index is -0.306. The molecule has 4 rings (SSSR count). The zero-order valence-electron chi connectivity index (χ0n) is 20.0. The first-order valence-corrected chi connectivity index (χ1v) is 13.1. The predicted octanol–water partition coefficient (Wildman–Crippen LogP) is 6.85. The van der Waals surface area contributed by atoms with Crippen LogP contribution in [-0.2, 0) is 11.3 Å². The van der Waals surface area contributed by atoms with E-state index in [1.165, 1.54) is 10.5 Å². The SMILES string of the molecule is CCOc1cc(/C=C2\SC(=O)N(Cc3ccc(Br)cc3)C2=O)ccc1OCCOc1ccc(C)cc1. The molecule has 0 N–H and O–H groups in total. The van der Waals surface area contributed by atoms with Crippen LogP contribution in [0.15, 0.2) is 76.1 Å². The van der Waals surface area contributed by atoms with Gasteiger partial charge in [0, 0.05) is 4.47 Å². The van der Waals surface area contributed by atoms with Crippen molar-refractivity contribution in [2.24, 2.45) is 0 Å². The van der Waals surface area contributed by atoms with Crippen LogP contribution in [0.1, 0.15) is 23.6 Å². The van der Waals surface area contributed by atoms with Gasteiger partial charge < -0.3 is 14.2 Å². The maximum atomic E-state index is 12.9. The average Bonchev–Trinajstić information content (AvgIpc) is 3.12. The Kier molecular flexibility index (Phi) is 8.72. The van der Waals surface area contributed by atoms with E-state index in [2.05, 4.69) is 15.9 Å². The van der Waals surface area contributed by atoms with E-state index in [0.29, 0.717) is 36.2 Å². The molecule has 2 amide bonds. The van der Waals surface area contributed by atoms with Crippen molar-refractivity contribution in [1.82, 2.24) is 4.90 Å². The summed E-state index contributed by atoms with van der Waals surface area (Å²) in [5.74, 6) is 1.64. The number of halogens is 1. The van der Waals surface area contributed by atoms with Gasteiger partial charge in [0.05, 0.1) is 18.1 Å². The molecular formula is C28H26BrNO5S. The quantitative estimate of drug-likeness (QED) is 0.197. The van der Waals surface area contributed by atoms with E-state index in [4.69, 9.17) is 14.2 Å². The standard InChI is InChI=1S/C28H26BrNO5S/c1-3-33-25-16-21(8-13-24(25)35-15-14-34-23-11-4-19(2)5-12-23)17-26-27(31)30(28(32)36-26)18-20-6-9-22(29)10-7-20/h4-13,16-17H,3,14-15,18H2,1-2H3/b26-17-. The van der Waals surface area contributed by atoms with Crippen LogP contribution in [0.4, 0.5) is 4.79 Å².